The van der Waals surface area contributed by atoms with Crippen LogP contribution >= 0.6 is 0 Å². The summed E-state index contributed by atoms with van der Waals surface area (Å²) in [5.41, 5.74) is 2.63. The van der Waals surface area contributed by atoms with Gasteiger partial charge in [0, 0.05) is 11.5 Å². The third-order valence-corrected chi connectivity index (χ3v) is 7.43. The Kier molecular flexibility index (Phi) is 10.7. The van der Waals surface area contributed by atoms with Gasteiger partial charge in [0.1, 0.15) is 0 Å². The van der Waals surface area contributed by atoms with Crippen molar-refractivity contribution in [3.63, 3.8) is 0 Å². The first-order valence-electron chi connectivity index (χ1n) is 13.1. The zero-order valence-electron chi connectivity index (χ0n) is 19.7. The van der Waals surface area contributed by atoms with E-state index in [1.165, 1.54) is 101 Å². The Balaban J connectivity index is 1.27. The van der Waals surface area contributed by atoms with E-state index < -0.39 is 0 Å². The van der Waals surface area contributed by atoms with Crippen molar-refractivity contribution in [2.75, 3.05) is 13.2 Å². The Bertz CT molecular complexity index is 551. The van der Waals surface area contributed by atoms with Crippen molar-refractivity contribution in [2.45, 2.75) is 110 Å². The summed E-state index contributed by atoms with van der Waals surface area (Å²) in [6.45, 7) is 6.21. The van der Waals surface area contributed by atoms with Gasteiger partial charge in [-0.1, -0.05) is 109 Å². The standard InChI is InChI=1S/C28H46O2/c1-3-5-6-10-23-13-15-24(16-14-23)11-7-8-12-25-17-19-27(20-18-25)28-29-21-26(9-4-2)22-30-28/h17-20,23-24,26,28H,3-16,21-22H2,1-2H3/t23-,24-,26-,28-. The van der Waals surface area contributed by atoms with Gasteiger partial charge in [0.2, 0.25) is 0 Å². The Morgan fingerprint density at radius 1 is 0.667 bits per heavy atom. The minimum Gasteiger partial charge on any atom is -0.348 e. The molecule has 0 aromatic heterocycles. The van der Waals surface area contributed by atoms with Gasteiger partial charge in [-0.25, -0.2) is 0 Å². The number of aryl methyl sites for hydroxylation is 1. The van der Waals surface area contributed by atoms with Gasteiger partial charge in [0.05, 0.1) is 13.2 Å². The van der Waals surface area contributed by atoms with Crippen molar-refractivity contribution >= 4 is 0 Å². The predicted octanol–water partition coefficient (Wildman–Crippen LogP) is 8.25. The molecule has 2 nitrogen and oxygen atoms in total. The molecular formula is C28H46O2. The first-order chi connectivity index (χ1) is 14.8. The van der Waals surface area contributed by atoms with Crippen molar-refractivity contribution < 1.29 is 9.47 Å². The molecule has 0 radical (unpaired) electrons. The van der Waals surface area contributed by atoms with Gasteiger partial charge in [-0.15, -0.1) is 0 Å². The zero-order valence-corrected chi connectivity index (χ0v) is 19.7. The van der Waals surface area contributed by atoms with Crippen molar-refractivity contribution in [1.29, 1.82) is 0 Å². The molecule has 2 fully saturated rings. The second kappa shape index (κ2) is 13.5. The maximum Gasteiger partial charge on any atom is 0.183 e. The Morgan fingerprint density at radius 2 is 1.27 bits per heavy atom. The Morgan fingerprint density at radius 3 is 1.83 bits per heavy atom. The normalized spacial score (nSPS) is 27.3. The smallest absolute Gasteiger partial charge is 0.183 e. The van der Waals surface area contributed by atoms with Crippen LogP contribution in [0.4, 0.5) is 0 Å². The van der Waals surface area contributed by atoms with E-state index in [-0.39, 0.29) is 6.29 Å². The highest BCUT2D eigenvalue weighted by Crippen LogP contribution is 2.34. The molecule has 170 valence electrons. The number of ether oxygens (including phenoxy) is 2. The summed E-state index contributed by atoms with van der Waals surface area (Å²) in [5.74, 6) is 2.62. The summed E-state index contributed by atoms with van der Waals surface area (Å²) in [5, 5.41) is 0. The first-order valence-corrected chi connectivity index (χ1v) is 13.1. The lowest BCUT2D eigenvalue weighted by atomic mass is 9.78. The lowest BCUT2D eigenvalue weighted by Crippen LogP contribution is -2.26. The van der Waals surface area contributed by atoms with Crippen LogP contribution in [0.5, 0.6) is 0 Å². The fourth-order valence-electron chi connectivity index (χ4n) is 5.41. The van der Waals surface area contributed by atoms with Crippen LogP contribution in [0.25, 0.3) is 0 Å². The van der Waals surface area contributed by atoms with Gasteiger partial charge in [0.25, 0.3) is 0 Å². The van der Waals surface area contributed by atoms with Crippen molar-refractivity contribution in [1.82, 2.24) is 0 Å². The molecule has 2 aliphatic rings. The van der Waals surface area contributed by atoms with E-state index in [4.69, 9.17) is 9.47 Å². The maximum atomic E-state index is 5.95. The molecule has 3 rings (SSSR count). The van der Waals surface area contributed by atoms with Crippen LogP contribution in [0.3, 0.4) is 0 Å². The predicted molar refractivity (Wildman–Crippen MR) is 127 cm³/mol. The number of rotatable bonds is 12. The maximum absolute atomic E-state index is 5.95. The minimum atomic E-state index is -0.163. The molecular weight excluding hydrogens is 368 g/mol. The SMILES string of the molecule is CCCCC[C@H]1CC[C@H](CCCCc2ccc([C@H]3OC[C@H](CCC)CO3)cc2)CC1. The molecule has 1 aromatic carbocycles. The second-order valence-corrected chi connectivity index (χ2v) is 10.0. The average Bonchev–Trinajstić information content (AvgIpc) is 2.79. The lowest BCUT2D eigenvalue weighted by Gasteiger charge is -2.29. The number of benzene rings is 1. The van der Waals surface area contributed by atoms with Crippen LogP contribution in [0, 0.1) is 17.8 Å². The van der Waals surface area contributed by atoms with Crippen LogP contribution < -0.4 is 0 Å². The molecule has 0 unspecified atom stereocenters. The minimum absolute atomic E-state index is 0.163. The number of unbranched alkanes of at least 4 members (excludes halogenated alkanes) is 3. The van der Waals surface area contributed by atoms with Crippen molar-refractivity contribution in [3.05, 3.63) is 35.4 Å². The van der Waals surface area contributed by atoms with Crippen LogP contribution in [0.15, 0.2) is 24.3 Å². The fraction of sp³-hybridized carbons (Fsp3) is 0.786. The second-order valence-electron chi connectivity index (χ2n) is 10.0. The monoisotopic (exact) mass is 414 g/mol. The van der Waals surface area contributed by atoms with Crippen LogP contribution in [0.1, 0.15) is 115 Å². The van der Waals surface area contributed by atoms with E-state index >= 15 is 0 Å². The van der Waals surface area contributed by atoms with E-state index in [1.54, 1.807) is 0 Å². The average molecular weight is 415 g/mol. The van der Waals surface area contributed by atoms with Gasteiger partial charge in [-0.05, 0) is 36.7 Å². The molecule has 0 atom stereocenters. The summed E-state index contributed by atoms with van der Waals surface area (Å²) in [6, 6.07) is 8.98. The van der Waals surface area contributed by atoms with Gasteiger partial charge in [-0.3, -0.25) is 0 Å². The first kappa shape index (κ1) is 23.8. The Hall–Kier alpha value is -0.860. The summed E-state index contributed by atoms with van der Waals surface area (Å²) >= 11 is 0. The molecule has 2 heteroatoms. The van der Waals surface area contributed by atoms with E-state index in [0.29, 0.717) is 5.92 Å². The van der Waals surface area contributed by atoms with Crippen LogP contribution in [0.2, 0.25) is 0 Å². The molecule has 1 saturated carbocycles. The van der Waals surface area contributed by atoms with E-state index in [0.717, 1.165) is 25.0 Å². The van der Waals surface area contributed by atoms with Crippen LogP contribution in [-0.4, -0.2) is 13.2 Å². The highest BCUT2D eigenvalue weighted by molar-refractivity contribution is 5.23. The summed E-state index contributed by atoms with van der Waals surface area (Å²) in [4.78, 5) is 0. The highest BCUT2D eigenvalue weighted by atomic mass is 16.7. The number of hydrogen-bond acceptors (Lipinski definition) is 2. The van der Waals surface area contributed by atoms with Crippen LogP contribution in [-0.2, 0) is 15.9 Å². The van der Waals surface area contributed by atoms with Crippen molar-refractivity contribution in [3.8, 4) is 0 Å². The highest BCUT2D eigenvalue weighted by Gasteiger charge is 2.23. The molecule has 1 aromatic rings. The lowest BCUT2D eigenvalue weighted by molar-refractivity contribution is -0.206. The quantitative estimate of drug-likeness (QED) is 0.320. The molecule has 30 heavy (non-hydrogen) atoms. The third-order valence-electron chi connectivity index (χ3n) is 7.43. The summed E-state index contributed by atoms with van der Waals surface area (Å²) in [6.07, 6.45) is 19.3. The molecule has 0 amide bonds. The molecule has 0 spiro atoms. The fourth-order valence-corrected chi connectivity index (χ4v) is 5.41. The molecule has 0 bridgehead atoms. The molecule has 1 aliphatic heterocycles. The Labute approximate surface area is 186 Å². The zero-order chi connectivity index (χ0) is 21.0. The topological polar surface area (TPSA) is 18.5 Å². The van der Waals surface area contributed by atoms with E-state index in [2.05, 4.69) is 38.1 Å². The number of hydrogen-bond donors (Lipinski definition) is 0. The molecule has 1 saturated heterocycles. The van der Waals surface area contributed by atoms with Gasteiger partial charge >= 0.3 is 0 Å². The third kappa shape index (κ3) is 8.00. The van der Waals surface area contributed by atoms with E-state index in [1.807, 2.05) is 0 Å². The molecule has 1 heterocycles. The van der Waals surface area contributed by atoms with E-state index in [9.17, 15) is 0 Å². The molecule has 1 aliphatic carbocycles. The van der Waals surface area contributed by atoms with Crippen molar-refractivity contribution in [2.24, 2.45) is 17.8 Å². The van der Waals surface area contributed by atoms with Gasteiger partial charge in [-0.2, -0.15) is 0 Å². The molecule has 0 N–H and O–H groups in total. The largest absolute Gasteiger partial charge is 0.348 e. The summed E-state index contributed by atoms with van der Waals surface area (Å²) < 4.78 is 11.9. The summed E-state index contributed by atoms with van der Waals surface area (Å²) in [7, 11) is 0. The van der Waals surface area contributed by atoms with Gasteiger partial charge < -0.3 is 9.47 Å². The van der Waals surface area contributed by atoms with Gasteiger partial charge in [0.15, 0.2) is 6.29 Å².